The fraction of sp³-hybridized carbons (Fsp3) is 0.111. The van der Waals surface area contributed by atoms with Crippen LogP contribution in [0, 0.1) is 0 Å². The summed E-state index contributed by atoms with van der Waals surface area (Å²) in [5.41, 5.74) is 4.30. The third-order valence-electron chi connectivity index (χ3n) is 3.71. The van der Waals surface area contributed by atoms with E-state index in [1.165, 1.54) is 11.3 Å². The molecule has 120 valence electrons. The number of benzene rings is 2. The second-order valence-electron chi connectivity index (χ2n) is 5.27. The lowest BCUT2D eigenvalue weighted by molar-refractivity contribution is 0.0955. The van der Waals surface area contributed by atoms with Gasteiger partial charge in [0.25, 0.3) is 5.91 Å². The van der Waals surface area contributed by atoms with Crippen LogP contribution in [0.3, 0.4) is 0 Å². The molecule has 1 amide bonds. The molecule has 1 aliphatic heterocycles. The number of carbonyl (C=O) groups excluding carboxylic acids is 1. The second kappa shape index (κ2) is 6.33. The molecule has 0 bridgehead atoms. The third-order valence-corrected chi connectivity index (χ3v) is 4.54. The zero-order valence-corrected chi connectivity index (χ0v) is 13.5. The SMILES string of the molecule is O=C(NCc1ccc2c(c1)OCO2)c1scnc1-c1ccccc1. The fourth-order valence-electron chi connectivity index (χ4n) is 2.52. The van der Waals surface area contributed by atoms with Gasteiger partial charge in [0.1, 0.15) is 4.88 Å². The van der Waals surface area contributed by atoms with Crippen LogP contribution >= 0.6 is 11.3 Å². The molecule has 0 saturated heterocycles. The monoisotopic (exact) mass is 338 g/mol. The molecule has 2 heterocycles. The molecule has 0 aliphatic carbocycles. The summed E-state index contributed by atoms with van der Waals surface area (Å²) >= 11 is 1.34. The first kappa shape index (κ1) is 14.7. The number of thiazole rings is 1. The number of hydrogen-bond acceptors (Lipinski definition) is 5. The first-order valence-electron chi connectivity index (χ1n) is 7.47. The van der Waals surface area contributed by atoms with Gasteiger partial charge in [0.2, 0.25) is 6.79 Å². The Morgan fingerprint density at radius 2 is 1.96 bits per heavy atom. The summed E-state index contributed by atoms with van der Waals surface area (Å²) in [6, 6.07) is 15.4. The Morgan fingerprint density at radius 1 is 1.12 bits per heavy atom. The smallest absolute Gasteiger partial charge is 0.263 e. The van der Waals surface area contributed by atoms with E-state index in [9.17, 15) is 4.79 Å². The molecule has 4 rings (SSSR count). The van der Waals surface area contributed by atoms with Crippen molar-refractivity contribution >= 4 is 17.2 Å². The van der Waals surface area contributed by atoms with Crippen molar-refractivity contribution in [1.29, 1.82) is 0 Å². The van der Waals surface area contributed by atoms with Gasteiger partial charge in [-0.1, -0.05) is 36.4 Å². The Kier molecular flexibility index (Phi) is 3.88. The van der Waals surface area contributed by atoms with Gasteiger partial charge in [-0.3, -0.25) is 4.79 Å². The minimum absolute atomic E-state index is 0.131. The van der Waals surface area contributed by atoms with Crippen molar-refractivity contribution in [3.63, 3.8) is 0 Å². The quantitative estimate of drug-likeness (QED) is 0.791. The number of aromatic nitrogens is 1. The molecule has 0 fully saturated rings. The van der Waals surface area contributed by atoms with Crippen LogP contribution in [0.1, 0.15) is 15.2 Å². The van der Waals surface area contributed by atoms with Gasteiger partial charge in [-0.05, 0) is 17.7 Å². The average Bonchev–Trinajstić information content (AvgIpc) is 3.29. The van der Waals surface area contributed by atoms with Gasteiger partial charge in [-0.25, -0.2) is 4.98 Å². The standard InChI is InChI=1S/C18H14N2O3S/c21-18(17-16(20-10-24-17)13-4-2-1-3-5-13)19-9-12-6-7-14-15(8-12)23-11-22-14/h1-8,10H,9,11H2,(H,19,21). The topological polar surface area (TPSA) is 60.5 Å². The summed E-state index contributed by atoms with van der Waals surface area (Å²) in [6.07, 6.45) is 0. The van der Waals surface area contributed by atoms with Crippen LogP contribution in [0.15, 0.2) is 54.0 Å². The molecule has 2 aromatic carbocycles. The van der Waals surface area contributed by atoms with Gasteiger partial charge in [0.05, 0.1) is 11.2 Å². The molecular formula is C18H14N2O3S. The highest BCUT2D eigenvalue weighted by Crippen LogP contribution is 2.32. The van der Waals surface area contributed by atoms with Crippen molar-refractivity contribution in [2.24, 2.45) is 0 Å². The second-order valence-corrected chi connectivity index (χ2v) is 6.12. The van der Waals surface area contributed by atoms with Gasteiger partial charge in [0, 0.05) is 12.1 Å². The van der Waals surface area contributed by atoms with E-state index < -0.39 is 0 Å². The van der Waals surface area contributed by atoms with Crippen LogP contribution in [0.4, 0.5) is 0 Å². The van der Waals surface area contributed by atoms with Crippen LogP contribution < -0.4 is 14.8 Å². The Bertz CT molecular complexity index is 877. The van der Waals surface area contributed by atoms with Crippen molar-refractivity contribution in [1.82, 2.24) is 10.3 Å². The number of nitrogens with one attached hydrogen (secondary N) is 1. The normalized spacial score (nSPS) is 12.2. The number of fused-ring (bicyclic) bond motifs is 1. The number of hydrogen-bond donors (Lipinski definition) is 1. The lowest BCUT2D eigenvalue weighted by atomic mass is 10.1. The van der Waals surface area contributed by atoms with E-state index in [0.717, 1.165) is 16.9 Å². The zero-order valence-electron chi connectivity index (χ0n) is 12.7. The van der Waals surface area contributed by atoms with E-state index >= 15 is 0 Å². The van der Waals surface area contributed by atoms with Crippen LogP contribution in [0.5, 0.6) is 11.5 Å². The summed E-state index contributed by atoms with van der Waals surface area (Å²) in [7, 11) is 0. The summed E-state index contributed by atoms with van der Waals surface area (Å²) in [6.45, 7) is 0.661. The van der Waals surface area contributed by atoms with Crippen molar-refractivity contribution in [3.8, 4) is 22.8 Å². The van der Waals surface area contributed by atoms with E-state index in [2.05, 4.69) is 10.3 Å². The Morgan fingerprint density at radius 3 is 2.83 bits per heavy atom. The predicted octanol–water partition coefficient (Wildman–Crippen LogP) is 3.47. The Hall–Kier alpha value is -2.86. The largest absolute Gasteiger partial charge is 0.454 e. The summed E-state index contributed by atoms with van der Waals surface area (Å²) < 4.78 is 10.6. The third kappa shape index (κ3) is 2.83. The molecule has 0 saturated carbocycles. The molecule has 1 aliphatic rings. The lowest BCUT2D eigenvalue weighted by Gasteiger charge is -2.06. The number of rotatable bonds is 4. The molecule has 0 atom stereocenters. The maximum atomic E-state index is 12.5. The number of carbonyl (C=O) groups is 1. The first-order valence-corrected chi connectivity index (χ1v) is 8.35. The molecule has 0 unspecified atom stereocenters. The average molecular weight is 338 g/mol. The molecule has 0 radical (unpaired) electrons. The maximum Gasteiger partial charge on any atom is 0.263 e. The molecule has 3 aromatic rings. The van der Waals surface area contributed by atoms with Crippen LogP contribution in [-0.4, -0.2) is 17.7 Å². The predicted molar refractivity (Wildman–Crippen MR) is 91.3 cm³/mol. The van der Waals surface area contributed by atoms with Crippen LogP contribution in [0.2, 0.25) is 0 Å². The summed E-state index contributed by atoms with van der Waals surface area (Å²) in [5, 5.41) is 2.94. The lowest BCUT2D eigenvalue weighted by Crippen LogP contribution is -2.22. The maximum absolute atomic E-state index is 12.5. The molecule has 1 aromatic heterocycles. The highest BCUT2D eigenvalue weighted by atomic mass is 32.1. The highest BCUT2D eigenvalue weighted by molar-refractivity contribution is 7.12. The molecule has 24 heavy (non-hydrogen) atoms. The highest BCUT2D eigenvalue weighted by Gasteiger charge is 2.17. The van der Waals surface area contributed by atoms with Gasteiger partial charge < -0.3 is 14.8 Å². The summed E-state index contributed by atoms with van der Waals surface area (Å²) in [4.78, 5) is 17.5. The van der Waals surface area contributed by atoms with Crippen molar-refractivity contribution in [2.45, 2.75) is 6.54 Å². The van der Waals surface area contributed by atoms with Gasteiger partial charge in [-0.15, -0.1) is 11.3 Å². The molecule has 6 heteroatoms. The minimum Gasteiger partial charge on any atom is -0.454 e. The van der Waals surface area contributed by atoms with Crippen LogP contribution in [0.25, 0.3) is 11.3 Å². The van der Waals surface area contributed by atoms with Crippen LogP contribution in [-0.2, 0) is 6.54 Å². The van der Waals surface area contributed by atoms with E-state index in [1.54, 1.807) is 5.51 Å². The van der Waals surface area contributed by atoms with Crippen molar-refractivity contribution in [2.75, 3.05) is 6.79 Å². The zero-order chi connectivity index (χ0) is 16.4. The Balaban J connectivity index is 1.49. The Labute approximate surface area is 142 Å². The van der Waals surface area contributed by atoms with E-state index in [4.69, 9.17) is 9.47 Å². The molecular weight excluding hydrogens is 324 g/mol. The summed E-state index contributed by atoms with van der Waals surface area (Å²) in [5.74, 6) is 1.32. The molecule has 0 spiro atoms. The van der Waals surface area contributed by atoms with Crippen molar-refractivity contribution < 1.29 is 14.3 Å². The fourth-order valence-corrected chi connectivity index (χ4v) is 3.25. The van der Waals surface area contributed by atoms with Gasteiger partial charge in [0.15, 0.2) is 11.5 Å². The van der Waals surface area contributed by atoms with Gasteiger partial charge in [-0.2, -0.15) is 0 Å². The van der Waals surface area contributed by atoms with Gasteiger partial charge >= 0.3 is 0 Å². The first-order chi connectivity index (χ1) is 11.8. The van der Waals surface area contributed by atoms with E-state index in [1.807, 2.05) is 48.5 Å². The minimum atomic E-state index is -0.131. The van der Waals surface area contributed by atoms with E-state index in [0.29, 0.717) is 22.9 Å². The number of amides is 1. The number of ether oxygens (including phenoxy) is 2. The van der Waals surface area contributed by atoms with Crippen molar-refractivity contribution in [3.05, 3.63) is 64.5 Å². The van der Waals surface area contributed by atoms with E-state index in [-0.39, 0.29) is 12.7 Å². The molecule has 5 nitrogen and oxygen atoms in total. The number of nitrogens with zero attached hydrogens (tertiary/aromatic N) is 1. The molecule has 1 N–H and O–H groups in total.